The Morgan fingerprint density at radius 3 is 2.70 bits per heavy atom. The van der Waals surface area contributed by atoms with Crippen molar-refractivity contribution >= 4 is 0 Å². The third-order valence-electron chi connectivity index (χ3n) is 4.77. The second kappa shape index (κ2) is 7.21. The second-order valence-electron chi connectivity index (χ2n) is 5.81. The van der Waals surface area contributed by atoms with E-state index in [0.717, 1.165) is 26.0 Å². The summed E-state index contributed by atoms with van der Waals surface area (Å²) in [5.74, 6) is 0. The number of rotatable bonds is 7. The zero-order valence-electron chi connectivity index (χ0n) is 13.1. The summed E-state index contributed by atoms with van der Waals surface area (Å²) in [4.78, 5) is 1.67. The van der Waals surface area contributed by atoms with Crippen LogP contribution in [0.15, 0.2) is 24.3 Å². The number of nitrogens with one attached hydrogen (secondary N) is 1. The van der Waals surface area contributed by atoms with E-state index in [1.54, 1.807) is 4.90 Å². The fourth-order valence-corrected chi connectivity index (χ4v) is 3.38. The molecule has 0 radical (unpaired) electrons. The Kier molecular flexibility index (Phi) is 5.58. The van der Waals surface area contributed by atoms with Crippen molar-refractivity contribution in [2.24, 2.45) is 0 Å². The molecule has 4 N–H and O–H groups in total. The first-order valence-electron chi connectivity index (χ1n) is 8.11. The van der Waals surface area contributed by atoms with Gasteiger partial charge in [0.25, 0.3) is 0 Å². The van der Waals surface area contributed by atoms with Crippen molar-refractivity contribution in [1.29, 1.82) is 0 Å². The van der Waals surface area contributed by atoms with Crippen molar-refractivity contribution in [2.75, 3.05) is 32.8 Å². The molecule has 2 rings (SSSR count). The van der Waals surface area contributed by atoms with Crippen LogP contribution in [0.5, 0.6) is 0 Å². The average molecular weight is 278 g/mol. The Balaban J connectivity index is 2.07. The van der Waals surface area contributed by atoms with Crippen molar-refractivity contribution in [3.63, 3.8) is 0 Å². The molecule has 112 valence electrons. The largest absolute Gasteiger partial charge is 0.364 e. The SMILES string of the molecule is CC[NH+](CC)CCC[C@@]1(C[NH3+])OCCc2ccccc21. The highest BCUT2D eigenvalue weighted by atomic mass is 16.5. The highest BCUT2D eigenvalue weighted by Crippen LogP contribution is 2.35. The smallest absolute Gasteiger partial charge is 0.142 e. The fraction of sp³-hybridized carbons (Fsp3) is 0.647. The van der Waals surface area contributed by atoms with Crippen molar-refractivity contribution in [3.8, 4) is 0 Å². The summed E-state index contributed by atoms with van der Waals surface area (Å²) >= 11 is 0. The van der Waals surface area contributed by atoms with Crippen LogP contribution < -0.4 is 10.6 Å². The van der Waals surface area contributed by atoms with Gasteiger partial charge >= 0.3 is 0 Å². The molecular weight excluding hydrogens is 248 g/mol. The van der Waals surface area contributed by atoms with E-state index in [9.17, 15) is 0 Å². The lowest BCUT2D eigenvalue weighted by atomic mass is 9.83. The van der Waals surface area contributed by atoms with E-state index in [-0.39, 0.29) is 5.60 Å². The monoisotopic (exact) mass is 278 g/mol. The molecule has 1 heterocycles. The molecule has 0 fully saturated rings. The minimum Gasteiger partial charge on any atom is -0.364 e. The van der Waals surface area contributed by atoms with E-state index < -0.39 is 0 Å². The second-order valence-corrected chi connectivity index (χ2v) is 5.81. The molecular formula is C17H30N2O+2. The molecule has 0 amide bonds. The third kappa shape index (κ3) is 3.22. The van der Waals surface area contributed by atoms with Crippen LogP contribution in [0.4, 0.5) is 0 Å². The van der Waals surface area contributed by atoms with Gasteiger partial charge in [-0.3, -0.25) is 0 Å². The first-order valence-corrected chi connectivity index (χ1v) is 8.11. The van der Waals surface area contributed by atoms with Gasteiger partial charge in [-0.05, 0) is 44.2 Å². The molecule has 0 saturated heterocycles. The minimum atomic E-state index is -0.137. The Hall–Kier alpha value is -0.900. The number of quaternary nitrogens is 2. The maximum atomic E-state index is 6.22. The normalized spacial score (nSPS) is 22.0. The van der Waals surface area contributed by atoms with E-state index in [1.165, 1.54) is 37.2 Å². The number of hydrogen-bond acceptors (Lipinski definition) is 1. The van der Waals surface area contributed by atoms with Gasteiger partial charge in [-0.15, -0.1) is 0 Å². The van der Waals surface area contributed by atoms with E-state index in [4.69, 9.17) is 4.74 Å². The predicted molar refractivity (Wildman–Crippen MR) is 81.7 cm³/mol. The van der Waals surface area contributed by atoms with Gasteiger partial charge in [-0.1, -0.05) is 24.3 Å². The number of benzene rings is 1. The number of fused-ring (bicyclic) bond motifs is 1. The zero-order chi connectivity index (χ0) is 14.4. The summed E-state index contributed by atoms with van der Waals surface area (Å²) in [5, 5.41) is 0. The molecule has 1 aliphatic rings. The summed E-state index contributed by atoms with van der Waals surface area (Å²) in [6.07, 6.45) is 3.34. The summed E-state index contributed by atoms with van der Waals surface area (Å²) in [6.45, 7) is 9.87. The lowest BCUT2D eigenvalue weighted by molar-refractivity contribution is -0.896. The lowest BCUT2D eigenvalue weighted by Gasteiger charge is -2.37. The lowest BCUT2D eigenvalue weighted by Crippen LogP contribution is -3.11. The van der Waals surface area contributed by atoms with Gasteiger partial charge in [0.05, 0.1) is 26.2 Å². The van der Waals surface area contributed by atoms with Gasteiger partial charge in [0.15, 0.2) is 0 Å². The average Bonchev–Trinajstić information content (AvgIpc) is 2.51. The van der Waals surface area contributed by atoms with E-state index in [2.05, 4.69) is 43.8 Å². The van der Waals surface area contributed by atoms with Gasteiger partial charge < -0.3 is 15.4 Å². The Morgan fingerprint density at radius 1 is 1.25 bits per heavy atom. The number of hydrogen-bond donors (Lipinski definition) is 2. The number of ether oxygens (including phenoxy) is 1. The molecule has 1 atom stereocenters. The van der Waals surface area contributed by atoms with Crippen molar-refractivity contribution in [1.82, 2.24) is 0 Å². The van der Waals surface area contributed by atoms with Gasteiger partial charge in [0.2, 0.25) is 0 Å². The summed E-state index contributed by atoms with van der Waals surface area (Å²) < 4.78 is 6.22. The van der Waals surface area contributed by atoms with Crippen LogP contribution in [-0.4, -0.2) is 32.8 Å². The topological polar surface area (TPSA) is 41.3 Å². The molecule has 1 aromatic carbocycles. The minimum absolute atomic E-state index is 0.137. The zero-order valence-corrected chi connectivity index (χ0v) is 13.1. The molecule has 0 aromatic heterocycles. The standard InChI is InChI=1S/C17H28N2O/c1-3-19(4-2)12-7-11-17(14-18)16-9-6-5-8-15(16)10-13-20-17/h5-6,8-9H,3-4,7,10-14,18H2,1-2H3/p+2/t17-/m0/s1. The molecule has 3 nitrogen and oxygen atoms in total. The van der Waals surface area contributed by atoms with Gasteiger partial charge in [-0.25, -0.2) is 0 Å². The van der Waals surface area contributed by atoms with Crippen LogP contribution in [0, 0.1) is 0 Å². The maximum Gasteiger partial charge on any atom is 0.142 e. The Labute approximate surface area is 123 Å². The van der Waals surface area contributed by atoms with Gasteiger partial charge in [0.1, 0.15) is 12.1 Å². The van der Waals surface area contributed by atoms with Crippen LogP contribution in [0.25, 0.3) is 0 Å². The molecule has 0 saturated carbocycles. The highest BCUT2D eigenvalue weighted by molar-refractivity contribution is 5.34. The summed E-state index contributed by atoms with van der Waals surface area (Å²) in [7, 11) is 0. The molecule has 0 spiro atoms. The van der Waals surface area contributed by atoms with Gasteiger partial charge in [-0.2, -0.15) is 0 Å². The van der Waals surface area contributed by atoms with Crippen molar-refractivity contribution < 1.29 is 15.4 Å². The summed E-state index contributed by atoms with van der Waals surface area (Å²) in [6, 6.07) is 8.76. The molecule has 0 bridgehead atoms. The van der Waals surface area contributed by atoms with E-state index in [0.29, 0.717) is 0 Å². The van der Waals surface area contributed by atoms with Crippen LogP contribution in [0.1, 0.15) is 37.8 Å². The molecule has 0 unspecified atom stereocenters. The predicted octanol–water partition coefficient (Wildman–Crippen LogP) is 0.401. The van der Waals surface area contributed by atoms with Crippen molar-refractivity contribution in [2.45, 2.75) is 38.7 Å². The third-order valence-corrected chi connectivity index (χ3v) is 4.77. The van der Waals surface area contributed by atoms with Crippen LogP contribution >= 0.6 is 0 Å². The van der Waals surface area contributed by atoms with Crippen LogP contribution in [-0.2, 0) is 16.8 Å². The van der Waals surface area contributed by atoms with E-state index >= 15 is 0 Å². The van der Waals surface area contributed by atoms with Crippen molar-refractivity contribution in [3.05, 3.63) is 35.4 Å². The van der Waals surface area contributed by atoms with E-state index in [1.807, 2.05) is 0 Å². The highest BCUT2D eigenvalue weighted by Gasteiger charge is 2.38. The summed E-state index contributed by atoms with van der Waals surface area (Å²) in [5.41, 5.74) is 6.89. The molecule has 1 aromatic rings. The molecule has 20 heavy (non-hydrogen) atoms. The molecule has 3 heteroatoms. The maximum absolute atomic E-state index is 6.22. The Morgan fingerprint density at radius 2 is 2.00 bits per heavy atom. The quantitative estimate of drug-likeness (QED) is 0.745. The first-order chi connectivity index (χ1) is 9.75. The van der Waals surface area contributed by atoms with Gasteiger partial charge in [0, 0.05) is 0 Å². The first kappa shape index (κ1) is 15.5. The van der Waals surface area contributed by atoms with Crippen LogP contribution in [0.2, 0.25) is 0 Å². The Bertz CT molecular complexity index is 417. The fourth-order valence-electron chi connectivity index (χ4n) is 3.38. The van der Waals surface area contributed by atoms with Crippen LogP contribution in [0.3, 0.4) is 0 Å². The molecule has 1 aliphatic heterocycles. The molecule has 0 aliphatic carbocycles.